The summed E-state index contributed by atoms with van der Waals surface area (Å²) in [6.07, 6.45) is 5.81. The van der Waals surface area contributed by atoms with Gasteiger partial charge in [-0.2, -0.15) is 9.97 Å². The van der Waals surface area contributed by atoms with Crippen molar-refractivity contribution in [3.05, 3.63) is 231 Å². The van der Waals surface area contributed by atoms with E-state index >= 15 is 0 Å². The molecule has 0 aliphatic rings. The molecule has 0 spiro atoms. The Morgan fingerprint density at radius 3 is 1.55 bits per heavy atom. The van der Waals surface area contributed by atoms with Gasteiger partial charge < -0.3 is 9.13 Å². The third kappa shape index (κ3) is 6.27. The maximum absolute atomic E-state index is 5.12. The maximum Gasteiger partial charge on any atom is 0.238 e. The van der Waals surface area contributed by atoms with Gasteiger partial charge >= 0.3 is 0 Å². The smallest absolute Gasteiger partial charge is 0.238 e. The van der Waals surface area contributed by atoms with Gasteiger partial charge in [-0.3, -0.25) is 14.5 Å². The fourth-order valence-corrected chi connectivity index (χ4v) is 10.3. The van der Waals surface area contributed by atoms with Crippen LogP contribution in [0.1, 0.15) is 0 Å². The van der Waals surface area contributed by atoms with Crippen molar-refractivity contribution >= 4 is 65.5 Å². The van der Waals surface area contributed by atoms with Gasteiger partial charge in [0, 0.05) is 79.2 Å². The number of rotatable bonds is 7. The lowest BCUT2D eigenvalue weighted by Gasteiger charge is -2.11. The molecule has 6 heterocycles. The molecular formula is C61H38N8. The summed E-state index contributed by atoms with van der Waals surface area (Å²) in [4.78, 5) is 25.0. The van der Waals surface area contributed by atoms with Crippen molar-refractivity contribution in [2.75, 3.05) is 0 Å². The zero-order chi connectivity index (χ0) is 45.4. The second kappa shape index (κ2) is 15.5. The van der Waals surface area contributed by atoms with E-state index in [-0.39, 0.29) is 0 Å². The van der Waals surface area contributed by atoms with Crippen LogP contribution in [0.2, 0.25) is 0 Å². The molecule has 8 nitrogen and oxygen atoms in total. The molecule has 0 fully saturated rings. The van der Waals surface area contributed by atoms with Crippen molar-refractivity contribution in [3.63, 3.8) is 0 Å². The minimum Gasteiger partial charge on any atom is -0.309 e. The van der Waals surface area contributed by atoms with Crippen molar-refractivity contribution in [3.8, 4) is 62.4 Å². The number of pyridine rings is 2. The van der Waals surface area contributed by atoms with E-state index in [4.69, 9.17) is 24.9 Å². The summed E-state index contributed by atoms with van der Waals surface area (Å²) < 4.78 is 6.86. The Labute approximate surface area is 395 Å². The van der Waals surface area contributed by atoms with Crippen molar-refractivity contribution < 1.29 is 0 Å². The zero-order valence-electron chi connectivity index (χ0n) is 37.0. The molecule has 8 heteroatoms. The average molecular weight is 883 g/mol. The van der Waals surface area contributed by atoms with Crippen LogP contribution in [0.25, 0.3) is 128 Å². The second-order valence-corrected chi connectivity index (χ2v) is 17.4. The lowest BCUT2D eigenvalue weighted by atomic mass is 9.99. The van der Waals surface area contributed by atoms with Crippen LogP contribution in [-0.4, -0.2) is 38.6 Å². The molecule has 6 aromatic heterocycles. The highest BCUT2D eigenvalue weighted by atomic mass is 15.2. The Bertz CT molecular complexity index is 4250. The maximum atomic E-state index is 5.12. The molecule has 0 aliphatic heterocycles. The van der Waals surface area contributed by atoms with E-state index in [9.17, 15) is 0 Å². The Morgan fingerprint density at radius 2 is 0.826 bits per heavy atom. The van der Waals surface area contributed by atoms with Gasteiger partial charge in [0.05, 0.1) is 38.6 Å². The highest BCUT2D eigenvalue weighted by Gasteiger charge is 2.20. The quantitative estimate of drug-likeness (QED) is 0.159. The van der Waals surface area contributed by atoms with E-state index in [0.717, 1.165) is 99.5 Å². The number of nitrogens with zero attached hydrogens (tertiary/aromatic N) is 8. The lowest BCUT2D eigenvalue weighted by Crippen LogP contribution is -2.06. The third-order valence-corrected chi connectivity index (χ3v) is 13.4. The van der Waals surface area contributed by atoms with Crippen LogP contribution in [0.5, 0.6) is 0 Å². The van der Waals surface area contributed by atoms with Crippen LogP contribution in [0, 0.1) is 0 Å². The topological polar surface area (TPSA) is 79.2 Å². The van der Waals surface area contributed by atoms with Gasteiger partial charge in [0.2, 0.25) is 5.95 Å². The molecule has 14 rings (SSSR count). The zero-order valence-corrected chi connectivity index (χ0v) is 37.0. The van der Waals surface area contributed by atoms with Crippen molar-refractivity contribution in [2.45, 2.75) is 0 Å². The summed E-state index contributed by atoms with van der Waals surface area (Å²) in [6.45, 7) is 0. The third-order valence-electron chi connectivity index (χ3n) is 13.4. The summed E-state index contributed by atoms with van der Waals surface area (Å²) in [6, 6.07) is 74.5. The fraction of sp³-hybridized carbons (Fsp3) is 0. The molecule has 8 aromatic carbocycles. The summed E-state index contributed by atoms with van der Waals surface area (Å²) >= 11 is 0. The molecule has 0 radical (unpaired) electrons. The van der Waals surface area contributed by atoms with Crippen molar-refractivity contribution in [1.29, 1.82) is 0 Å². The lowest BCUT2D eigenvalue weighted by molar-refractivity contribution is 0.953. The highest BCUT2D eigenvalue weighted by Crippen LogP contribution is 2.40. The largest absolute Gasteiger partial charge is 0.309 e. The second-order valence-electron chi connectivity index (χ2n) is 17.4. The molecule has 0 bridgehead atoms. The first-order chi connectivity index (χ1) is 34.2. The number of benzene rings is 8. The molecule has 0 unspecified atom stereocenters. The molecule has 0 atom stereocenters. The first-order valence-corrected chi connectivity index (χ1v) is 23.1. The molecule has 0 N–H and O–H groups in total. The average Bonchev–Trinajstić information content (AvgIpc) is 4.06. The number of hydrogen-bond acceptors (Lipinski definition) is 5. The van der Waals surface area contributed by atoms with Crippen LogP contribution in [0.15, 0.2) is 231 Å². The molecule has 14 aromatic rings. The van der Waals surface area contributed by atoms with Gasteiger partial charge in [0.1, 0.15) is 0 Å². The number of fused-ring (bicyclic) bond motifs is 9. The fourth-order valence-electron chi connectivity index (χ4n) is 10.3. The van der Waals surface area contributed by atoms with Crippen molar-refractivity contribution in [2.24, 2.45) is 0 Å². The van der Waals surface area contributed by atoms with Crippen LogP contribution in [0.4, 0.5) is 0 Å². The van der Waals surface area contributed by atoms with Gasteiger partial charge in [-0.15, -0.1) is 0 Å². The van der Waals surface area contributed by atoms with Crippen LogP contribution < -0.4 is 0 Å². The minimum absolute atomic E-state index is 0.564. The van der Waals surface area contributed by atoms with E-state index in [1.54, 1.807) is 0 Å². The molecular weight excluding hydrogens is 845 g/mol. The molecule has 0 saturated carbocycles. The van der Waals surface area contributed by atoms with Crippen molar-refractivity contribution in [1.82, 2.24) is 38.6 Å². The Morgan fingerprint density at radius 1 is 0.290 bits per heavy atom. The first-order valence-electron chi connectivity index (χ1n) is 23.1. The van der Waals surface area contributed by atoms with E-state index in [0.29, 0.717) is 17.6 Å². The monoisotopic (exact) mass is 882 g/mol. The summed E-state index contributed by atoms with van der Waals surface area (Å²) in [5.74, 6) is 1.80. The SMILES string of the molecule is c1ccc(-c2nc(-c3ccccc3)nc(-n3c4ccccc4c4cc(-c5cncc(-c6ccc7c8ccccc8n(-c8ccc9c(c8)c8ncccc8n9-c8ccccc8)c7c6)c5)ccc43)n2)cc1. The predicted molar refractivity (Wildman–Crippen MR) is 280 cm³/mol. The van der Waals surface area contributed by atoms with E-state index in [1.165, 1.54) is 10.8 Å². The van der Waals surface area contributed by atoms with Crippen LogP contribution in [-0.2, 0) is 0 Å². The molecule has 0 saturated heterocycles. The molecule has 322 valence electrons. The minimum atomic E-state index is 0.564. The van der Waals surface area contributed by atoms with E-state index in [1.807, 2.05) is 85.3 Å². The Hall–Kier alpha value is -9.53. The van der Waals surface area contributed by atoms with Gasteiger partial charge in [-0.05, 0) is 90.0 Å². The Balaban J connectivity index is 0.890. The Kier molecular flexibility index (Phi) is 8.72. The summed E-state index contributed by atoms with van der Waals surface area (Å²) in [5.41, 5.74) is 15.7. The summed E-state index contributed by atoms with van der Waals surface area (Å²) in [5, 5.41) is 5.70. The standard InChI is InChI=1S/C61H38N8/c1-4-15-39(16-5-1)59-64-60(40-17-6-2-7-18-40)66-61(65-59)69-53-24-13-11-22-48(53)50-34-41(27-30-54(50)69)43-33-44(38-62-37-43)42-26-29-49-47-21-10-12-23-52(47)68(57(49)35-42)46-28-31-55-51(36-46)58-56(25-14-32-63-58)67(55)45-19-8-3-9-20-45/h1-38H. The van der Waals surface area contributed by atoms with E-state index < -0.39 is 0 Å². The first kappa shape index (κ1) is 38.7. The predicted octanol–water partition coefficient (Wildman–Crippen LogP) is 14.6. The number of hydrogen-bond donors (Lipinski definition) is 0. The molecule has 0 amide bonds. The normalized spacial score (nSPS) is 11.8. The van der Waals surface area contributed by atoms with E-state index in [2.05, 4.69) is 159 Å². The summed E-state index contributed by atoms with van der Waals surface area (Å²) in [7, 11) is 0. The van der Waals surface area contributed by atoms with Gasteiger partial charge in [-0.25, -0.2) is 4.98 Å². The molecule has 69 heavy (non-hydrogen) atoms. The highest BCUT2D eigenvalue weighted by molar-refractivity contribution is 6.13. The van der Waals surface area contributed by atoms with Gasteiger partial charge in [-0.1, -0.05) is 133 Å². The van der Waals surface area contributed by atoms with Crippen LogP contribution >= 0.6 is 0 Å². The van der Waals surface area contributed by atoms with Gasteiger partial charge in [0.15, 0.2) is 11.6 Å². The van der Waals surface area contributed by atoms with Crippen LogP contribution in [0.3, 0.4) is 0 Å². The van der Waals surface area contributed by atoms with Gasteiger partial charge in [0.25, 0.3) is 0 Å². The number of para-hydroxylation sites is 3. The number of aromatic nitrogens is 8. The molecule has 0 aliphatic carbocycles.